The summed E-state index contributed by atoms with van der Waals surface area (Å²) >= 11 is 0. The van der Waals surface area contributed by atoms with E-state index in [1.54, 1.807) is 18.2 Å². The van der Waals surface area contributed by atoms with Crippen molar-refractivity contribution in [1.82, 2.24) is 0 Å². The lowest BCUT2D eigenvalue weighted by Gasteiger charge is -2.04. The molecule has 0 saturated heterocycles. The van der Waals surface area contributed by atoms with Crippen molar-refractivity contribution in [3.63, 3.8) is 0 Å². The van der Waals surface area contributed by atoms with Gasteiger partial charge in [-0.25, -0.2) is 0 Å². The van der Waals surface area contributed by atoms with Gasteiger partial charge >= 0.3 is 0 Å². The average Bonchev–Trinajstić information content (AvgIpc) is 2.04. The van der Waals surface area contributed by atoms with Crippen LogP contribution in [-0.2, 0) is 0 Å². The van der Waals surface area contributed by atoms with Crippen LogP contribution in [0.15, 0.2) is 18.2 Å². The Hall–Kier alpha value is -1.84. The van der Waals surface area contributed by atoms with Crippen LogP contribution in [0.3, 0.4) is 0 Å². The van der Waals surface area contributed by atoms with Gasteiger partial charge in [0.25, 0.3) is 0 Å². The SMILES string of the molecule is N=C(N)c1c[c]ccc1C(=N)N. The Labute approximate surface area is 70.2 Å². The van der Waals surface area contributed by atoms with Crippen molar-refractivity contribution in [2.75, 3.05) is 0 Å². The highest BCUT2D eigenvalue weighted by Crippen LogP contribution is 2.05. The largest absolute Gasteiger partial charge is 0.384 e. The smallest absolute Gasteiger partial charge is 0.123 e. The van der Waals surface area contributed by atoms with Crippen molar-refractivity contribution < 1.29 is 0 Å². The summed E-state index contributed by atoms with van der Waals surface area (Å²) in [5.41, 5.74) is 11.5. The number of nitrogens with two attached hydrogens (primary N) is 2. The molecule has 0 aromatic heterocycles. The molecule has 0 heterocycles. The van der Waals surface area contributed by atoms with Crippen LogP contribution in [0.2, 0.25) is 0 Å². The quantitative estimate of drug-likeness (QED) is 0.364. The first-order chi connectivity index (χ1) is 5.63. The molecule has 6 N–H and O–H groups in total. The summed E-state index contributed by atoms with van der Waals surface area (Å²) in [6, 6.07) is 7.54. The van der Waals surface area contributed by atoms with Gasteiger partial charge in [-0.2, -0.15) is 0 Å². The second-order valence-corrected chi connectivity index (χ2v) is 2.30. The van der Waals surface area contributed by atoms with E-state index in [1.807, 2.05) is 0 Å². The molecule has 0 bridgehead atoms. The zero-order chi connectivity index (χ0) is 9.14. The lowest BCUT2D eigenvalue weighted by molar-refractivity contribution is 1.37. The molecule has 61 valence electrons. The molecule has 1 aromatic carbocycles. The summed E-state index contributed by atoms with van der Waals surface area (Å²) in [6.07, 6.45) is 0. The second kappa shape index (κ2) is 3.04. The molecule has 0 unspecified atom stereocenters. The van der Waals surface area contributed by atoms with Gasteiger partial charge in [0, 0.05) is 11.1 Å². The fraction of sp³-hybridized carbons (Fsp3) is 0. The van der Waals surface area contributed by atoms with Gasteiger partial charge in [-0.1, -0.05) is 6.07 Å². The maximum Gasteiger partial charge on any atom is 0.123 e. The summed E-state index contributed by atoms with van der Waals surface area (Å²) in [5.74, 6) is -0.189. The van der Waals surface area contributed by atoms with E-state index in [9.17, 15) is 0 Å². The highest BCUT2D eigenvalue weighted by atomic mass is 14.7. The van der Waals surface area contributed by atoms with E-state index in [-0.39, 0.29) is 11.7 Å². The van der Waals surface area contributed by atoms with E-state index in [0.29, 0.717) is 11.1 Å². The minimum atomic E-state index is -0.1000. The van der Waals surface area contributed by atoms with Gasteiger partial charge in [-0.3, -0.25) is 10.8 Å². The molecule has 0 amide bonds. The Kier molecular flexibility index (Phi) is 2.09. The van der Waals surface area contributed by atoms with Crippen molar-refractivity contribution in [3.8, 4) is 0 Å². The van der Waals surface area contributed by atoms with E-state index in [2.05, 4.69) is 6.07 Å². The first kappa shape index (κ1) is 8.26. The van der Waals surface area contributed by atoms with Crippen LogP contribution in [0.5, 0.6) is 0 Å². The van der Waals surface area contributed by atoms with E-state index in [1.165, 1.54) is 0 Å². The molecule has 1 aromatic rings. The van der Waals surface area contributed by atoms with Crippen LogP contribution in [0, 0.1) is 16.9 Å². The summed E-state index contributed by atoms with van der Waals surface area (Å²) < 4.78 is 0. The monoisotopic (exact) mass is 161 g/mol. The summed E-state index contributed by atoms with van der Waals surface area (Å²) in [7, 11) is 0. The molecule has 12 heavy (non-hydrogen) atoms. The fourth-order valence-corrected chi connectivity index (χ4v) is 0.888. The highest BCUT2D eigenvalue weighted by molar-refractivity contribution is 6.07. The Balaban J connectivity index is 3.27. The van der Waals surface area contributed by atoms with Crippen molar-refractivity contribution >= 4 is 11.7 Å². The third-order valence-corrected chi connectivity index (χ3v) is 1.44. The molecule has 4 nitrogen and oxygen atoms in total. The molecule has 1 rings (SSSR count). The first-order valence-electron chi connectivity index (χ1n) is 3.32. The van der Waals surface area contributed by atoms with Crippen molar-refractivity contribution in [1.29, 1.82) is 10.8 Å². The Morgan fingerprint density at radius 1 is 1.17 bits per heavy atom. The highest BCUT2D eigenvalue weighted by Gasteiger charge is 2.05. The Morgan fingerprint density at radius 2 is 1.75 bits per heavy atom. The van der Waals surface area contributed by atoms with E-state index in [0.717, 1.165) is 0 Å². The molecule has 0 saturated carbocycles. The summed E-state index contributed by atoms with van der Waals surface area (Å²) in [4.78, 5) is 0. The van der Waals surface area contributed by atoms with Gasteiger partial charge in [0.1, 0.15) is 11.7 Å². The van der Waals surface area contributed by atoms with Crippen LogP contribution in [0.25, 0.3) is 0 Å². The van der Waals surface area contributed by atoms with Crippen molar-refractivity contribution in [2.45, 2.75) is 0 Å². The van der Waals surface area contributed by atoms with Crippen molar-refractivity contribution in [3.05, 3.63) is 35.4 Å². The third kappa shape index (κ3) is 1.42. The normalized spacial score (nSPS) is 9.33. The van der Waals surface area contributed by atoms with Crippen LogP contribution in [0.1, 0.15) is 11.1 Å². The van der Waals surface area contributed by atoms with E-state index < -0.39 is 0 Å². The maximum absolute atomic E-state index is 7.18. The fourth-order valence-electron chi connectivity index (χ4n) is 0.888. The summed E-state index contributed by atoms with van der Waals surface area (Å²) in [5, 5.41) is 14.4. The number of hydrogen-bond acceptors (Lipinski definition) is 2. The third-order valence-electron chi connectivity index (χ3n) is 1.44. The van der Waals surface area contributed by atoms with E-state index in [4.69, 9.17) is 22.3 Å². The first-order valence-corrected chi connectivity index (χ1v) is 3.32. The topological polar surface area (TPSA) is 99.7 Å². The number of amidine groups is 2. The van der Waals surface area contributed by atoms with Crippen molar-refractivity contribution in [2.24, 2.45) is 11.5 Å². The second-order valence-electron chi connectivity index (χ2n) is 2.30. The summed E-state index contributed by atoms with van der Waals surface area (Å²) in [6.45, 7) is 0. The minimum Gasteiger partial charge on any atom is -0.384 e. The molecule has 0 aliphatic carbocycles. The van der Waals surface area contributed by atoms with Gasteiger partial charge in [0.2, 0.25) is 0 Å². The van der Waals surface area contributed by atoms with Crippen LogP contribution < -0.4 is 11.5 Å². The van der Waals surface area contributed by atoms with Crippen LogP contribution in [-0.4, -0.2) is 11.7 Å². The molecular weight excluding hydrogens is 152 g/mol. The molecule has 0 aliphatic heterocycles. The van der Waals surface area contributed by atoms with Crippen LogP contribution >= 0.6 is 0 Å². The molecule has 1 radical (unpaired) electrons. The van der Waals surface area contributed by atoms with Gasteiger partial charge in [-0.15, -0.1) is 0 Å². The lowest BCUT2D eigenvalue weighted by Crippen LogP contribution is -2.20. The lowest BCUT2D eigenvalue weighted by atomic mass is 10.1. The predicted octanol–water partition coefficient (Wildman–Crippen LogP) is 0.0549. The minimum absolute atomic E-state index is 0.0887. The Morgan fingerprint density at radius 3 is 2.17 bits per heavy atom. The molecule has 0 atom stereocenters. The number of hydrogen-bond donors (Lipinski definition) is 4. The molecule has 0 fully saturated rings. The standard InChI is InChI=1S/C8H9N4/c9-7(10)5-3-1-2-4-6(5)8(11)12/h1,3-4H,(H3,9,10)(H3,11,12). The zero-order valence-corrected chi connectivity index (χ0v) is 6.39. The molecule has 0 spiro atoms. The van der Waals surface area contributed by atoms with E-state index >= 15 is 0 Å². The van der Waals surface area contributed by atoms with Crippen LogP contribution in [0.4, 0.5) is 0 Å². The maximum atomic E-state index is 7.18. The van der Waals surface area contributed by atoms with Gasteiger partial charge in [0.15, 0.2) is 0 Å². The zero-order valence-electron chi connectivity index (χ0n) is 6.39. The average molecular weight is 161 g/mol. The molecule has 4 heteroatoms. The van der Waals surface area contributed by atoms with Gasteiger partial charge in [0.05, 0.1) is 0 Å². The Bertz CT molecular complexity index is 297. The molecule has 0 aliphatic rings. The number of nitrogens with one attached hydrogen (secondary N) is 2. The number of benzene rings is 1. The van der Waals surface area contributed by atoms with Gasteiger partial charge in [-0.05, 0) is 18.2 Å². The number of rotatable bonds is 2. The molecular formula is C8H9N4. The van der Waals surface area contributed by atoms with Gasteiger partial charge < -0.3 is 11.5 Å². The predicted molar refractivity (Wildman–Crippen MR) is 47.3 cm³/mol. The number of nitrogen functional groups attached to an aromatic ring is 2.